The van der Waals surface area contributed by atoms with Gasteiger partial charge >= 0.3 is 0 Å². The largest absolute Gasteiger partial charge is 0.336 e. The Labute approximate surface area is 140 Å². The number of benzene rings is 2. The Kier molecular flexibility index (Phi) is 4.32. The molecular weight excluding hydrogens is 305 g/mol. The smallest absolute Gasteiger partial charge is 0.238 e. The van der Waals surface area contributed by atoms with Crippen LogP contribution in [0.25, 0.3) is 0 Å². The molecule has 1 amide bonds. The van der Waals surface area contributed by atoms with E-state index in [9.17, 15) is 14.4 Å². The Morgan fingerprint density at radius 1 is 1.29 bits per heavy atom. The van der Waals surface area contributed by atoms with Gasteiger partial charge in [0.1, 0.15) is 11.4 Å². The van der Waals surface area contributed by atoms with Crippen molar-refractivity contribution in [3.8, 4) is 6.07 Å². The standard InChI is InChI=1S/C19H18FN3O/c20-16-9-5-4-8-14(16)10-17(22)18(24)23-19(12-21)11-15(19)13-6-2-1-3-7-13/h1-9,15,17H,10-11,22H2,(H,23,24)/t15-,17-,19+/m0/s1. The Bertz CT molecular complexity index is 787. The third kappa shape index (κ3) is 3.15. The van der Waals surface area contributed by atoms with Crippen molar-refractivity contribution in [1.29, 1.82) is 5.26 Å². The van der Waals surface area contributed by atoms with E-state index in [1.165, 1.54) is 6.07 Å². The highest BCUT2D eigenvalue weighted by atomic mass is 19.1. The highest BCUT2D eigenvalue weighted by molar-refractivity contribution is 5.84. The zero-order chi connectivity index (χ0) is 17.2. The first-order valence-corrected chi connectivity index (χ1v) is 7.83. The molecule has 0 heterocycles. The van der Waals surface area contributed by atoms with E-state index < -0.39 is 17.5 Å². The van der Waals surface area contributed by atoms with E-state index in [1.54, 1.807) is 18.2 Å². The lowest BCUT2D eigenvalue weighted by atomic mass is 10.0. The summed E-state index contributed by atoms with van der Waals surface area (Å²) in [6, 6.07) is 17.1. The molecule has 0 aliphatic heterocycles. The van der Waals surface area contributed by atoms with Gasteiger partial charge in [-0.3, -0.25) is 4.79 Å². The summed E-state index contributed by atoms with van der Waals surface area (Å²) in [5.41, 5.74) is 6.40. The summed E-state index contributed by atoms with van der Waals surface area (Å²) in [6.45, 7) is 0. The van der Waals surface area contributed by atoms with E-state index in [0.717, 1.165) is 5.56 Å². The third-order valence-electron chi connectivity index (χ3n) is 4.44. The Morgan fingerprint density at radius 2 is 1.96 bits per heavy atom. The third-order valence-corrected chi connectivity index (χ3v) is 4.44. The predicted molar refractivity (Wildman–Crippen MR) is 88.4 cm³/mol. The summed E-state index contributed by atoms with van der Waals surface area (Å²) in [5.74, 6) is -0.851. The topological polar surface area (TPSA) is 78.9 Å². The lowest BCUT2D eigenvalue weighted by molar-refractivity contribution is -0.122. The molecule has 1 fully saturated rings. The Balaban J connectivity index is 1.66. The maximum absolute atomic E-state index is 13.7. The van der Waals surface area contributed by atoms with Crippen LogP contribution in [-0.4, -0.2) is 17.5 Å². The highest BCUT2D eigenvalue weighted by Crippen LogP contribution is 2.50. The van der Waals surface area contributed by atoms with E-state index >= 15 is 0 Å². The summed E-state index contributed by atoms with van der Waals surface area (Å²) in [6.07, 6.45) is 0.654. The van der Waals surface area contributed by atoms with Gasteiger partial charge in [-0.1, -0.05) is 48.5 Å². The van der Waals surface area contributed by atoms with Crippen molar-refractivity contribution in [2.24, 2.45) is 5.73 Å². The fourth-order valence-corrected chi connectivity index (χ4v) is 2.95. The van der Waals surface area contributed by atoms with Gasteiger partial charge in [-0.05, 0) is 30.0 Å². The minimum absolute atomic E-state index is 0.0340. The molecule has 4 nitrogen and oxygen atoms in total. The molecule has 3 atom stereocenters. The van der Waals surface area contributed by atoms with Gasteiger partial charge in [0.05, 0.1) is 12.1 Å². The second-order valence-corrected chi connectivity index (χ2v) is 6.14. The SMILES string of the molecule is N#C[C@]1(NC(=O)[C@@H](N)Cc2ccccc2F)C[C@H]1c1ccccc1. The van der Waals surface area contributed by atoms with Crippen molar-refractivity contribution in [3.63, 3.8) is 0 Å². The lowest BCUT2D eigenvalue weighted by Gasteiger charge is -2.17. The molecule has 0 radical (unpaired) electrons. The average Bonchev–Trinajstić information content (AvgIpc) is 3.32. The van der Waals surface area contributed by atoms with Crippen LogP contribution in [0.3, 0.4) is 0 Å². The molecule has 122 valence electrons. The van der Waals surface area contributed by atoms with Crippen molar-refractivity contribution in [2.75, 3.05) is 0 Å². The fraction of sp³-hybridized carbons (Fsp3) is 0.263. The summed E-state index contributed by atoms with van der Waals surface area (Å²) >= 11 is 0. The Hall–Kier alpha value is -2.71. The number of amides is 1. The maximum atomic E-state index is 13.7. The van der Waals surface area contributed by atoms with Crippen molar-refractivity contribution >= 4 is 5.91 Å². The number of nitrogens with two attached hydrogens (primary N) is 1. The average molecular weight is 323 g/mol. The number of hydrogen-bond acceptors (Lipinski definition) is 3. The number of carbonyl (C=O) groups is 1. The zero-order valence-corrected chi connectivity index (χ0v) is 13.1. The second kappa shape index (κ2) is 6.42. The van der Waals surface area contributed by atoms with Gasteiger partial charge in [0.25, 0.3) is 0 Å². The van der Waals surface area contributed by atoms with Crippen LogP contribution in [-0.2, 0) is 11.2 Å². The molecule has 1 aliphatic carbocycles. The molecule has 3 rings (SSSR count). The van der Waals surface area contributed by atoms with Gasteiger partial charge in [-0.2, -0.15) is 5.26 Å². The van der Waals surface area contributed by atoms with Crippen molar-refractivity contribution in [2.45, 2.75) is 30.3 Å². The highest BCUT2D eigenvalue weighted by Gasteiger charge is 2.57. The van der Waals surface area contributed by atoms with Crippen molar-refractivity contribution in [1.82, 2.24) is 5.32 Å². The summed E-state index contributed by atoms with van der Waals surface area (Å²) < 4.78 is 13.7. The quantitative estimate of drug-likeness (QED) is 0.886. The normalized spacial score (nSPS) is 23.1. The minimum atomic E-state index is -0.911. The molecule has 1 aliphatic rings. The van der Waals surface area contributed by atoms with Gasteiger partial charge < -0.3 is 11.1 Å². The molecule has 0 bridgehead atoms. The van der Waals surface area contributed by atoms with Crippen LogP contribution in [0.2, 0.25) is 0 Å². The van der Waals surface area contributed by atoms with Crippen LogP contribution in [0, 0.1) is 17.1 Å². The predicted octanol–water partition coefficient (Wildman–Crippen LogP) is 2.26. The van der Waals surface area contributed by atoms with Crippen LogP contribution in [0.4, 0.5) is 4.39 Å². The van der Waals surface area contributed by atoms with E-state index in [0.29, 0.717) is 12.0 Å². The molecular formula is C19H18FN3O. The lowest BCUT2D eigenvalue weighted by Crippen LogP contribution is -2.47. The molecule has 0 aromatic heterocycles. The van der Waals surface area contributed by atoms with Crippen molar-refractivity contribution in [3.05, 3.63) is 71.5 Å². The first kappa shape index (κ1) is 16.2. The number of nitrogens with zero attached hydrogens (tertiary/aromatic N) is 1. The number of hydrogen-bond donors (Lipinski definition) is 2. The van der Waals surface area contributed by atoms with Gasteiger partial charge in [0.15, 0.2) is 0 Å². The van der Waals surface area contributed by atoms with E-state index in [-0.39, 0.29) is 18.2 Å². The molecule has 1 saturated carbocycles. The van der Waals surface area contributed by atoms with Gasteiger partial charge in [0, 0.05) is 5.92 Å². The van der Waals surface area contributed by atoms with Crippen LogP contribution in [0.5, 0.6) is 0 Å². The fourth-order valence-electron chi connectivity index (χ4n) is 2.95. The number of halogens is 1. The molecule has 5 heteroatoms. The molecule has 0 spiro atoms. The summed E-state index contributed by atoms with van der Waals surface area (Å²) in [4.78, 5) is 12.3. The van der Waals surface area contributed by atoms with Crippen LogP contribution in [0.1, 0.15) is 23.5 Å². The molecule has 2 aromatic rings. The van der Waals surface area contributed by atoms with E-state index in [2.05, 4.69) is 11.4 Å². The van der Waals surface area contributed by atoms with Crippen LogP contribution >= 0.6 is 0 Å². The van der Waals surface area contributed by atoms with Crippen LogP contribution < -0.4 is 11.1 Å². The van der Waals surface area contributed by atoms with E-state index in [4.69, 9.17) is 5.73 Å². The molecule has 0 unspecified atom stereocenters. The summed E-state index contributed by atoms with van der Waals surface area (Å²) in [5, 5.41) is 12.2. The van der Waals surface area contributed by atoms with Gasteiger partial charge in [0.2, 0.25) is 5.91 Å². The van der Waals surface area contributed by atoms with Crippen LogP contribution in [0.15, 0.2) is 54.6 Å². The zero-order valence-electron chi connectivity index (χ0n) is 13.1. The molecule has 24 heavy (non-hydrogen) atoms. The minimum Gasteiger partial charge on any atom is -0.336 e. The first-order valence-electron chi connectivity index (χ1n) is 7.83. The second-order valence-electron chi connectivity index (χ2n) is 6.14. The van der Waals surface area contributed by atoms with Gasteiger partial charge in [-0.15, -0.1) is 0 Å². The molecule has 3 N–H and O–H groups in total. The monoisotopic (exact) mass is 323 g/mol. The van der Waals surface area contributed by atoms with E-state index in [1.807, 2.05) is 30.3 Å². The number of nitriles is 1. The number of nitrogens with one attached hydrogen (secondary N) is 1. The van der Waals surface area contributed by atoms with Gasteiger partial charge in [-0.25, -0.2) is 4.39 Å². The summed E-state index contributed by atoms with van der Waals surface area (Å²) in [7, 11) is 0. The maximum Gasteiger partial charge on any atom is 0.238 e. The van der Waals surface area contributed by atoms with Crippen molar-refractivity contribution < 1.29 is 9.18 Å². The Morgan fingerprint density at radius 3 is 2.62 bits per heavy atom. The molecule has 2 aromatic carbocycles. The molecule has 0 saturated heterocycles. The number of rotatable bonds is 5. The number of carbonyl (C=O) groups excluding carboxylic acids is 1. The first-order chi connectivity index (χ1) is 11.6.